The SMILES string of the molecule is Fc1ccc(C2CNCC3(CCCC3)O2)c(F)c1. The highest BCUT2D eigenvalue weighted by Crippen LogP contribution is 2.39. The molecule has 4 heteroatoms. The maximum Gasteiger partial charge on any atom is 0.131 e. The molecule has 1 aromatic rings. The van der Waals surface area contributed by atoms with Crippen LogP contribution in [0, 0.1) is 11.6 Å². The largest absolute Gasteiger partial charge is 0.364 e. The standard InChI is InChI=1S/C14H17F2NO/c15-10-3-4-11(12(16)7-10)13-8-17-9-14(18-13)5-1-2-6-14/h3-4,7,13,17H,1-2,5-6,8-9H2. The molecule has 98 valence electrons. The van der Waals surface area contributed by atoms with Crippen molar-refractivity contribution in [3.8, 4) is 0 Å². The molecule has 0 bridgehead atoms. The predicted molar refractivity (Wildman–Crippen MR) is 64.3 cm³/mol. The lowest BCUT2D eigenvalue weighted by Gasteiger charge is -2.39. The molecular weight excluding hydrogens is 236 g/mol. The number of nitrogens with one attached hydrogen (secondary N) is 1. The van der Waals surface area contributed by atoms with Gasteiger partial charge in [0.2, 0.25) is 0 Å². The molecule has 1 spiro atoms. The van der Waals surface area contributed by atoms with E-state index < -0.39 is 11.6 Å². The molecule has 0 aromatic heterocycles. The normalized spacial score (nSPS) is 26.7. The highest BCUT2D eigenvalue weighted by atomic mass is 19.1. The van der Waals surface area contributed by atoms with Crippen molar-refractivity contribution in [2.75, 3.05) is 13.1 Å². The molecule has 2 fully saturated rings. The van der Waals surface area contributed by atoms with Gasteiger partial charge in [-0.05, 0) is 18.9 Å². The van der Waals surface area contributed by atoms with Gasteiger partial charge in [0, 0.05) is 24.7 Å². The summed E-state index contributed by atoms with van der Waals surface area (Å²) in [6.45, 7) is 1.43. The minimum Gasteiger partial charge on any atom is -0.364 e. The second kappa shape index (κ2) is 4.59. The topological polar surface area (TPSA) is 21.3 Å². The Bertz CT molecular complexity index is 443. The van der Waals surface area contributed by atoms with Gasteiger partial charge in [0.05, 0.1) is 11.7 Å². The quantitative estimate of drug-likeness (QED) is 0.831. The molecule has 1 saturated heterocycles. The zero-order valence-electron chi connectivity index (χ0n) is 10.2. The first-order valence-electron chi connectivity index (χ1n) is 6.52. The third kappa shape index (κ3) is 2.15. The summed E-state index contributed by atoms with van der Waals surface area (Å²) < 4.78 is 32.8. The summed E-state index contributed by atoms with van der Waals surface area (Å²) in [4.78, 5) is 0. The predicted octanol–water partition coefficient (Wildman–Crippen LogP) is 2.94. The van der Waals surface area contributed by atoms with Crippen LogP contribution in [-0.2, 0) is 4.74 Å². The van der Waals surface area contributed by atoms with Crippen molar-refractivity contribution in [1.29, 1.82) is 0 Å². The minimum absolute atomic E-state index is 0.135. The van der Waals surface area contributed by atoms with Gasteiger partial charge in [0.1, 0.15) is 11.6 Å². The molecule has 18 heavy (non-hydrogen) atoms. The van der Waals surface area contributed by atoms with Crippen molar-refractivity contribution >= 4 is 0 Å². The fourth-order valence-electron chi connectivity index (χ4n) is 3.07. The Morgan fingerprint density at radius 2 is 2.00 bits per heavy atom. The average Bonchev–Trinajstić information content (AvgIpc) is 2.77. The van der Waals surface area contributed by atoms with E-state index in [4.69, 9.17) is 4.74 Å². The smallest absolute Gasteiger partial charge is 0.131 e. The van der Waals surface area contributed by atoms with Crippen LogP contribution in [0.5, 0.6) is 0 Å². The number of benzene rings is 1. The number of hydrogen-bond donors (Lipinski definition) is 1. The summed E-state index contributed by atoms with van der Waals surface area (Å²) in [5, 5.41) is 3.32. The van der Waals surface area contributed by atoms with E-state index in [0.29, 0.717) is 12.1 Å². The van der Waals surface area contributed by atoms with Gasteiger partial charge in [-0.1, -0.05) is 18.9 Å². The van der Waals surface area contributed by atoms with Crippen molar-refractivity contribution in [3.63, 3.8) is 0 Å². The van der Waals surface area contributed by atoms with Crippen LogP contribution in [-0.4, -0.2) is 18.7 Å². The summed E-state index contributed by atoms with van der Waals surface area (Å²) in [5.41, 5.74) is 0.318. The minimum atomic E-state index is -0.546. The van der Waals surface area contributed by atoms with Crippen molar-refractivity contribution in [3.05, 3.63) is 35.4 Å². The maximum atomic E-state index is 13.8. The molecule has 1 N–H and O–H groups in total. The third-order valence-corrected chi connectivity index (χ3v) is 3.99. The molecule has 1 unspecified atom stereocenters. The summed E-state index contributed by atoms with van der Waals surface area (Å²) in [6, 6.07) is 3.71. The number of morpholine rings is 1. The Morgan fingerprint density at radius 1 is 1.22 bits per heavy atom. The Morgan fingerprint density at radius 3 is 2.72 bits per heavy atom. The molecule has 1 saturated carbocycles. The van der Waals surface area contributed by atoms with E-state index in [0.717, 1.165) is 25.5 Å². The van der Waals surface area contributed by atoms with Gasteiger partial charge in [-0.2, -0.15) is 0 Å². The fourth-order valence-corrected chi connectivity index (χ4v) is 3.07. The lowest BCUT2D eigenvalue weighted by Crippen LogP contribution is -2.49. The van der Waals surface area contributed by atoms with Crippen molar-refractivity contribution in [1.82, 2.24) is 5.32 Å². The van der Waals surface area contributed by atoms with Crippen LogP contribution >= 0.6 is 0 Å². The average molecular weight is 253 g/mol. The van der Waals surface area contributed by atoms with Crippen LogP contribution in [0.2, 0.25) is 0 Å². The number of ether oxygens (including phenoxy) is 1. The van der Waals surface area contributed by atoms with Gasteiger partial charge in [-0.25, -0.2) is 8.78 Å². The van der Waals surface area contributed by atoms with Gasteiger partial charge in [0.15, 0.2) is 0 Å². The second-order valence-corrected chi connectivity index (χ2v) is 5.29. The van der Waals surface area contributed by atoms with Crippen LogP contribution in [0.4, 0.5) is 8.78 Å². The highest BCUT2D eigenvalue weighted by molar-refractivity contribution is 5.22. The van der Waals surface area contributed by atoms with Crippen LogP contribution < -0.4 is 5.32 Å². The Labute approximate surface area is 105 Å². The lowest BCUT2D eigenvalue weighted by atomic mass is 9.97. The first-order valence-corrected chi connectivity index (χ1v) is 6.52. The molecule has 1 atom stereocenters. The van der Waals surface area contributed by atoms with Crippen molar-refractivity contribution < 1.29 is 13.5 Å². The van der Waals surface area contributed by atoms with Gasteiger partial charge >= 0.3 is 0 Å². The van der Waals surface area contributed by atoms with Crippen LogP contribution in [0.15, 0.2) is 18.2 Å². The highest BCUT2D eigenvalue weighted by Gasteiger charge is 2.40. The van der Waals surface area contributed by atoms with E-state index >= 15 is 0 Å². The van der Waals surface area contributed by atoms with Crippen LogP contribution in [0.25, 0.3) is 0 Å². The summed E-state index contributed by atoms with van der Waals surface area (Å²) in [5.74, 6) is -1.06. The number of hydrogen-bond acceptors (Lipinski definition) is 2. The Balaban J connectivity index is 1.83. The molecule has 2 aliphatic rings. The number of halogens is 2. The second-order valence-electron chi connectivity index (χ2n) is 5.29. The first-order chi connectivity index (χ1) is 8.69. The van der Waals surface area contributed by atoms with Gasteiger partial charge in [0.25, 0.3) is 0 Å². The monoisotopic (exact) mass is 253 g/mol. The molecule has 1 heterocycles. The molecular formula is C14H17F2NO. The zero-order chi connectivity index (χ0) is 12.6. The van der Waals surface area contributed by atoms with E-state index in [-0.39, 0.29) is 11.7 Å². The number of rotatable bonds is 1. The Hall–Kier alpha value is -1.00. The molecule has 1 aliphatic carbocycles. The summed E-state index contributed by atoms with van der Waals surface area (Å²) in [6.07, 6.45) is 4.08. The van der Waals surface area contributed by atoms with Gasteiger partial charge in [-0.15, -0.1) is 0 Å². The summed E-state index contributed by atoms with van der Waals surface area (Å²) >= 11 is 0. The van der Waals surface area contributed by atoms with Crippen LogP contribution in [0.1, 0.15) is 37.4 Å². The van der Waals surface area contributed by atoms with Crippen LogP contribution in [0.3, 0.4) is 0 Å². The lowest BCUT2D eigenvalue weighted by molar-refractivity contribution is -0.115. The van der Waals surface area contributed by atoms with Crippen molar-refractivity contribution in [2.24, 2.45) is 0 Å². The molecule has 0 amide bonds. The molecule has 0 radical (unpaired) electrons. The van der Waals surface area contributed by atoms with E-state index in [1.54, 1.807) is 0 Å². The van der Waals surface area contributed by atoms with E-state index in [2.05, 4.69) is 5.32 Å². The van der Waals surface area contributed by atoms with Crippen molar-refractivity contribution in [2.45, 2.75) is 37.4 Å². The molecule has 1 aromatic carbocycles. The van der Waals surface area contributed by atoms with Gasteiger partial charge < -0.3 is 10.1 Å². The zero-order valence-corrected chi connectivity index (χ0v) is 10.2. The van der Waals surface area contributed by atoms with E-state index in [1.165, 1.54) is 25.0 Å². The van der Waals surface area contributed by atoms with E-state index in [9.17, 15) is 8.78 Å². The maximum absolute atomic E-state index is 13.8. The molecule has 3 rings (SSSR count). The van der Waals surface area contributed by atoms with Gasteiger partial charge in [-0.3, -0.25) is 0 Å². The molecule has 2 nitrogen and oxygen atoms in total. The molecule has 1 aliphatic heterocycles. The third-order valence-electron chi connectivity index (χ3n) is 3.99. The Kier molecular flexibility index (Phi) is 3.08. The fraction of sp³-hybridized carbons (Fsp3) is 0.571. The summed E-state index contributed by atoms with van der Waals surface area (Å²) in [7, 11) is 0. The van der Waals surface area contributed by atoms with E-state index in [1.807, 2.05) is 0 Å². The first kappa shape index (κ1) is 12.1.